The van der Waals surface area contributed by atoms with Gasteiger partial charge in [0.2, 0.25) is 0 Å². The molecule has 1 fully saturated rings. The van der Waals surface area contributed by atoms with Gasteiger partial charge in [0.05, 0.1) is 4.90 Å². The number of hydrogen-bond donors (Lipinski definition) is 2. The Morgan fingerprint density at radius 1 is 0.872 bits per heavy atom. The predicted molar refractivity (Wildman–Crippen MR) is 164 cm³/mol. The van der Waals surface area contributed by atoms with Crippen molar-refractivity contribution in [3.63, 3.8) is 0 Å². The van der Waals surface area contributed by atoms with E-state index in [-0.39, 0.29) is 35.5 Å². The summed E-state index contributed by atoms with van der Waals surface area (Å²) in [6.45, 7) is 4.33. The number of likely N-dealkylation sites (tertiary alicyclic amines) is 1. The molecule has 0 unspecified atom stereocenters. The number of rotatable bonds is 8. The third kappa shape index (κ3) is 7.57. The SMILES string of the molecule is CS(=O)(=O)c1ccc(-c2ccc3cc(O)ccc3c2Oc2ccc(NCCN3CCCCC3)cc2)cc1.Cl.Cl. The summed E-state index contributed by atoms with van der Waals surface area (Å²) in [5.41, 5.74) is 2.72. The number of hydrogen-bond acceptors (Lipinski definition) is 6. The first-order chi connectivity index (χ1) is 17.9. The van der Waals surface area contributed by atoms with Gasteiger partial charge in [-0.25, -0.2) is 8.42 Å². The summed E-state index contributed by atoms with van der Waals surface area (Å²) in [6, 6.07) is 23.8. The average Bonchev–Trinajstić information content (AvgIpc) is 2.90. The maximum Gasteiger partial charge on any atom is 0.175 e. The number of ether oxygens (including phenoxy) is 1. The molecule has 0 spiro atoms. The van der Waals surface area contributed by atoms with Gasteiger partial charge in [-0.05, 0) is 97.5 Å². The van der Waals surface area contributed by atoms with Crippen molar-refractivity contribution in [2.75, 3.05) is 37.8 Å². The topological polar surface area (TPSA) is 78.9 Å². The molecule has 6 nitrogen and oxygen atoms in total. The zero-order chi connectivity index (χ0) is 25.8. The van der Waals surface area contributed by atoms with Crippen LogP contribution >= 0.6 is 24.8 Å². The molecule has 1 heterocycles. The van der Waals surface area contributed by atoms with Gasteiger partial charge in [-0.3, -0.25) is 0 Å². The summed E-state index contributed by atoms with van der Waals surface area (Å²) in [6.07, 6.45) is 5.13. The molecule has 39 heavy (non-hydrogen) atoms. The van der Waals surface area contributed by atoms with E-state index in [1.165, 1.54) is 38.6 Å². The van der Waals surface area contributed by atoms with Crippen molar-refractivity contribution >= 4 is 51.1 Å². The van der Waals surface area contributed by atoms with Crippen LogP contribution in [0.25, 0.3) is 21.9 Å². The smallest absolute Gasteiger partial charge is 0.175 e. The monoisotopic (exact) mass is 588 g/mol. The highest BCUT2D eigenvalue weighted by Gasteiger charge is 2.15. The zero-order valence-corrected chi connectivity index (χ0v) is 24.2. The van der Waals surface area contributed by atoms with Crippen LogP contribution in [-0.4, -0.2) is 50.9 Å². The molecule has 0 atom stereocenters. The number of phenols is 1. The van der Waals surface area contributed by atoms with Gasteiger partial charge in [-0.2, -0.15) is 0 Å². The first-order valence-corrected chi connectivity index (χ1v) is 14.6. The summed E-state index contributed by atoms with van der Waals surface area (Å²) in [7, 11) is -3.29. The molecule has 4 aromatic carbocycles. The van der Waals surface area contributed by atoms with Gasteiger partial charge in [0.1, 0.15) is 17.2 Å². The quantitative estimate of drug-likeness (QED) is 0.227. The Hall–Kier alpha value is -2.97. The van der Waals surface area contributed by atoms with E-state index in [0.717, 1.165) is 40.7 Å². The minimum absolute atomic E-state index is 0. The lowest BCUT2D eigenvalue weighted by atomic mass is 9.99. The minimum Gasteiger partial charge on any atom is -0.508 e. The van der Waals surface area contributed by atoms with Gasteiger partial charge < -0.3 is 20.1 Å². The molecule has 0 aromatic heterocycles. The van der Waals surface area contributed by atoms with E-state index in [0.29, 0.717) is 11.5 Å². The van der Waals surface area contributed by atoms with Crippen LogP contribution in [0.15, 0.2) is 83.8 Å². The summed E-state index contributed by atoms with van der Waals surface area (Å²) >= 11 is 0. The second-order valence-electron chi connectivity index (χ2n) is 9.60. The van der Waals surface area contributed by atoms with Crippen molar-refractivity contribution in [2.45, 2.75) is 24.2 Å². The van der Waals surface area contributed by atoms with Crippen LogP contribution in [0.1, 0.15) is 19.3 Å². The maximum absolute atomic E-state index is 11.9. The molecule has 1 saturated heterocycles. The Kier molecular flexibility index (Phi) is 10.5. The van der Waals surface area contributed by atoms with E-state index in [9.17, 15) is 13.5 Å². The van der Waals surface area contributed by atoms with Crippen LogP contribution < -0.4 is 10.1 Å². The van der Waals surface area contributed by atoms with Crippen molar-refractivity contribution in [1.82, 2.24) is 4.90 Å². The number of aromatic hydroxyl groups is 1. The van der Waals surface area contributed by atoms with Gasteiger partial charge in [0, 0.05) is 36.0 Å². The van der Waals surface area contributed by atoms with E-state index in [2.05, 4.69) is 10.2 Å². The van der Waals surface area contributed by atoms with Gasteiger partial charge >= 0.3 is 0 Å². The van der Waals surface area contributed by atoms with Gasteiger partial charge in [0.25, 0.3) is 0 Å². The molecule has 5 rings (SSSR count). The summed E-state index contributed by atoms with van der Waals surface area (Å²) < 4.78 is 30.3. The molecule has 0 radical (unpaired) electrons. The third-order valence-electron chi connectivity index (χ3n) is 6.83. The first-order valence-electron chi connectivity index (χ1n) is 12.7. The summed E-state index contributed by atoms with van der Waals surface area (Å²) in [5.74, 6) is 1.52. The molecule has 4 aromatic rings. The first kappa shape index (κ1) is 30.6. The zero-order valence-electron chi connectivity index (χ0n) is 21.8. The largest absolute Gasteiger partial charge is 0.508 e. The number of benzene rings is 4. The highest BCUT2D eigenvalue weighted by molar-refractivity contribution is 7.90. The molecular weight excluding hydrogens is 555 g/mol. The highest BCUT2D eigenvalue weighted by Crippen LogP contribution is 2.41. The van der Waals surface area contributed by atoms with Crippen LogP contribution in [0.5, 0.6) is 17.2 Å². The fraction of sp³-hybridized carbons (Fsp3) is 0.267. The van der Waals surface area contributed by atoms with Gasteiger partial charge in [-0.15, -0.1) is 24.8 Å². The van der Waals surface area contributed by atoms with Crippen LogP contribution in [-0.2, 0) is 9.84 Å². The van der Waals surface area contributed by atoms with Crippen LogP contribution in [0.2, 0.25) is 0 Å². The number of anilines is 1. The lowest BCUT2D eigenvalue weighted by molar-refractivity contribution is 0.237. The minimum atomic E-state index is -3.29. The van der Waals surface area contributed by atoms with Crippen LogP contribution in [0, 0.1) is 0 Å². The molecule has 1 aliphatic rings. The molecule has 0 saturated carbocycles. The normalized spacial score (nSPS) is 13.8. The molecule has 9 heteroatoms. The molecule has 0 bridgehead atoms. The van der Waals surface area contributed by atoms with Crippen molar-refractivity contribution in [1.29, 1.82) is 0 Å². The number of phenolic OH excluding ortho intramolecular Hbond substituents is 1. The van der Waals surface area contributed by atoms with Crippen LogP contribution in [0.4, 0.5) is 5.69 Å². The van der Waals surface area contributed by atoms with E-state index in [1.807, 2.05) is 42.5 Å². The molecule has 2 N–H and O–H groups in total. The van der Waals surface area contributed by atoms with Gasteiger partial charge in [-0.1, -0.05) is 24.6 Å². The number of fused-ring (bicyclic) bond motifs is 1. The molecule has 0 aliphatic carbocycles. The number of nitrogens with zero attached hydrogens (tertiary/aromatic N) is 1. The van der Waals surface area contributed by atoms with Crippen LogP contribution in [0.3, 0.4) is 0 Å². The van der Waals surface area contributed by atoms with E-state index in [4.69, 9.17) is 4.74 Å². The highest BCUT2D eigenvalue weighted by atomic mass is 35.5. The van der Waals surface area contributed by atoms with E-state index < -0.39 is 9.84 Å². The molecule has 208 valence electrons. The maximum atomic E-state index is 11.9. The molecule has 0 amide bonds. The average molecular weight is 590 g/mol. The number of nitrogens with one attached hydrogen (secondary N) is 1. The number of piperidine rings is 1. The van der Waals surface area contributed by atoms with Crippen molar-refractivity contribution in [2.24, 2.45) is 0 Å². The molecule has 1 aliphatic heterocycles. The van der Waals surface area contributed by atoms with Crippen molar-refractivity contribution < 1.29 is 18.3 Å². The molecular formula is C30H34Cl2N2O4S. The standard InChI is InChI=1S/C30H32N2O4S.2ClH/c1-37(34,35)27-13-5-22(6-14-27)28-15-7-23-21-25(33)10-16-29(23)30(28)36-26-11-8-24(9-12-26)31-17-20-32-18-3-2-4-19-32;;/h5-16,21,31,33H,2-4,17-20H2,1H3;2*1H. The number of sulfone groups is 1. The summed E-state index contributed by atoms with van der Waals surface area (Å²) in [5, 5.41) is 15.2. The second-order valence-corrected chi connectivity index (χ2v) is 11.6. The Morgan fingerprint density at radius 2 is 1.56 bits per heavy atom. The van der Waals surface area contributed by atoms with Crippen molar-refractivity contribution in [3.05, 3.63) is 78.9 Å². The Morgan fingerprint density at radius 3 is 2.23 bits per heavy atom. The van der Waals surface area contributed by atoms with E-state index in [1.54, 1.807) is 36.4 Å². The Bertz CT molecular complexity index is 1490. The fourth-order valence-electron chi connectivity index (χ4n) is 4.81. The second kappa shape index (κ2) is 13.4. The lowest BCUT2D eigenvalue weighted by Crippen LogP contribution is -2.33. The fourth-order valence-corrected chi connectivity index (χ4v) is 5.44. The lowest BCUT2D eigenvalue weighted by Gasteiger charge is -2.26. The predicted octanol–water partition coefficient (Wildman–Crippen LogP) is 7.15. The summed E-state index contributed by atoms with van der Waals surface area (Å²) in [4.78, 5) is 2.78. The Balaban J connectivity index is 0.00000210. The third-order valence-corrected chi connectivity index (χ3v) is 7.96. The van der Waals surface area contributed by atoms with E-state index >= 15 is 0 Å². The van der Waals surface area contributed by atoms with Crippen molar-refractivity contribution in [3.8, 4) is 28.4 Å². The van der Waals surface area contributed by atoms with Gasteiger partial charge in [0.15, 0.2) is 9.84 Å². The number of halogens is 2. The Labute approximate surface area is 242 Å².